The van der Waals surface area contributed by atoms with Crippen molar-refractivity contribution in [3.8, 4) is 5.75 Å². The van der Waals surface area contributed by atoms with Crippen molar-refractivity contribution >= 4 is 11.9 Å². The Kier molecular flexibility index (Phi) is 9.94. The minimum atomic E-state index is -1.82. The summed E-state index contributed by atoms with van der Waals surface area (Å²) in [6.45, 7) is 9.01. The predicted octanol–water partition coefficient (Wildman–Crippen LogP) is 3.08. The van der Waals surface area contributed by atoms with E-state index in [4.69, 9.17) is 24.5 Å². The van der Waals surface area contributed by atoms with Gasteiger partial charge >= 0.3 is 11.9 Å². The summed E-state index contributed by atoms with van der Waals surface area (Å²) in [6, 6.07) is 9.47. The SMILES string of the molecule is CCOc1ccc(CN2CCC(N3CCCCCC3)CC2)cc1.O=C(O)C(=O)O. The lowest BCUT2D eigenvalue weighted by Crippen LogP contribution is -2.45. The van der Waals surface area contributed by atoms with Crippen LogP contribution in [0.1, 0.15) is 51.0 Å². The monoisotopic (exact) mass is 406 g/mol. The Morgan fingerprint density at radius 3 is 1.97 bits per heavy atom. The molecule has 1 aromatic rings. The molecule has 0 spiro atoms. The Bertz CT molecular complexity index is 607. The second kappa shape index (κ2) is 12.4. The molecule has 0 amide bonds. The van der Waals surface area contributed by atoms with Gasteiger partial charge in [0.2, 0.25) is 0 Å². The maximum absolute atomic E-state index is 9.10. The Hall–Kier alpha value is -2.12. The van der Waals surface area contributed by atoms with E-state index in [0.717, 1.165) is 24.9 Å². The number of carboxylic acid groups (broad SMARTS) is 2. The molecule has 0 saturated carbocycles. The van der Waals surface area contributed by atoms with Crippen LogP contribution in [-0.4, -0.2) is 70.8 Å². The molecule has 0 atom stereocenters. The second-order valence-electron chi connectivity index (χ2n) is 7.64. The van der Waals surface area contributed by atoms with Gasteiger partial charge in [-0.05, 0) is 76.5 Å². The van der Waals surface area contributed by atoms with Crippen LogP contribution in [0.2, 0.25) is 0 Å². The molecule has 0 aliphatic carbocycles. The third kappa shape index (κ3) is 8.41. The Morgan fingerprint density at radius 2 is 1.48 bits per heavy atom. The molecule has 3 rings (SSSR count). The first-order valence-electron chi connectivity index (χ1n) is 10.6. The normalized spacial score (nSPS) is 18.9. The van der Waals surface area contributed by atoms with E-state index in [9.17, 15) is 0 Å². The molecule has 7 nitrogen and oxygen atoms in total. The van der Waals surface area contributed by atoms with Gasteiger partial charge in [0.05, 0.1) is 6.61 Å². The third-order valence-corrected chi connectivity index (χ3v) is 5.54. The van der Waals surface area contributed by atoms with Gasteiger partial charge in [-0.3, -0.25) is 4.90 Å². The Labute approximate surface area is 173 Å². The zero-order valence-electron chi connectivity index (χ0n) is 17.4. The van der Waals surface area contributed by atoms with Crippen molar-refractivity contribution < 1.29 is 24.5 Å². The topological polar surface area (TPSA) is 90.3 Å². The fraction of sp³-hybridized carbons (Fsp3) is 0.636. The number of piperidine rings is 1. The molecule has 0 unspecified atom stereocenters. The van der Waals surface area contributed by atoms with Crippen molar-refractivity contribution in [3.05, 3.63) is 29.8 Å². The van der Waals surface area contributed by atoms with Gasteiger partial charge < -0.3 is 19.8 Å². The number of hydrogen-bond donors (Lipinski definition) is 2. The van der Waals surface area contributed by atoms with E-state index in [1.807, 2.05) is 6.92 Å². The van der Waals surface area contributed by atoms with E-state index in [1.165, 1.54) is 70.3 Å². The Morgan fingerprint density at radius 1 is 0.931 bits per heavy atom. The van der Waals surface area contributed by atoms with Gasteiger partial charge in [0.25, 0.3) is 0 Å². The lowest BCUT2D eigenvalue weighted by molar-refractivity contribution is -0.159. The number of rotatable bonds is 5. The fourth-order valence-electron chi connectivity index (χ4n) is 4.02. The average molecular weight is 407 g/mol. The summed E-state index contributed by atoms with van der Waals surface area (Å²) in [5.74, 6) is -2.67. The molecular weight excluding hydrogens is 372 g/mol. The van der Waals surface area contributed by atoms with Crippen LogP contribution in [0, 0.1) is 0 Å². The van der Waals surface area contributed by atoms with Crippen molar-refractivity contribution in [2.24, 2.45) is 0 Å². The summed E-state index contributed by atoms with van der Waals surface area (Å²) >= 11 is 0. The van der Waals surface area contributed by atoms with Gasteiger partial charge in [-0.2, -0.15) is 0 Å². The fourth-order valence-corrected chi connectivity index (χ4v) is 4.02. The number of likely N-dealkylation sites (tertiary alicyclic amines) is 2. The maximum Gasteiger partial charge on any atom is 0.414 e. The highest BCUT2D eigenvalue weighted by atomic mass is 16.5. The minimum absolute atomic E-state index is 0.739. The first-order chi connectivity index (χ1) is 14.0. The maximum atomic E-state index is 9.10. The van der Waals surface area contributed by atoms with Crippen LogP contribution < -0.4 is 4.74 Å². The largest absolute Gasteiger partial charge is 0.494 e. The van der Waals surface area contributed by atoms with Crippen molar-refractivity contribution in [1.29, 1.82) is 0 Å². The lowest BCUT2D eigenvalue weighted by atomic mass is 10.0. The molecule has 2 fully saturated rings. The summed E-state index contributed by atoms with van der Waals surface area (Å²) in [6.07, 6.45) is 8.38. The summed E-state index contributed by atoms with van der Waals surface area (Å²) in [5.41, 5.74) is 1.40. The van der Waals surface area contributed by atoms with Crippen molar-refractivity contribution in [3.63, 3.8) is 0 Å². The van der Waals surface area contributed by atoms with Gasteiger partial charge in [0.1, 0.15) is 5.75 Å². The third-order valence-electron chi connectivity index (χ3n) is 5.54. The Balaban J connectivity index is 0.000000438. The van der Waals surface area contributed by atoms with Gasteiger partial charge in [0.15, 0.2) is 0 Å². The molecule has 2 aliphatic rings. The van der Waals surface area contributed by atoms with Crippen LogP contribution in [0.3, 0.4) is 0 Å². The van der Waals surface area contributed by atoms with Gasteiger partial charge in [-0.15, -0.1) is 0 Å². The molecule has 2 N–H and O–H groups in total. The number of hydrogen-bond acceptors (Lipinski definition) is 5. The van der Waals surface area contributed by atoms with E-state index in [2.05, 4.69) is 34.1 Å². The van der Waals surface area contributed by atoms with Crippen molar-refractivity contribution in [1.82, 2.24) is 9.80 Å². The minimum Gasteiger partial charge on any atom is -0.494 e. The summed E-state index contributed by atoms with van der Waals surface area (Å²) in [7, 11) is 0. The number of benzene rings is 1. The highest BCUT2D eigenvalue weighted by Crippen LogP contribution is 2.22. The molecule has 29 heavy (non-hydrogen) atoms. The first kappa shape index (κ1) is 23.2. The molecule has 7 heteroatoms. The zero-order valence-corrected chi connectivity index (χ0v) is 17.4. The predicted molar refractivity (Wildman–Crippen MR) is 111 cm³/mol. The van der Waals surface area contributed by atoms with Crippen molar-refractivity contribution in [2.75, 3.05) is 32.8 Å². The first-order valence-corrected chi connectivity index (χ1v) is 10.6. The van der Waals surface area contributed by atoms with Crippen LogP contribution in [0.4, 0.5) is 0 Å². The molecule has 1 aromatic carbocycles. The lowest BCUT2D eigenvalue weighted by Gasteiger charge is -2.38. The molecule has 2 aliphatic heterocycles. The molecule has 0 aromatic heterocycles. The summed E-state index contributed by atoms with van der Waals surface area (Å²) in [5, 5.41) is 14.8. The van der Waals surface area contributed by atoms with Gasteiger partial charge in [0, 0.05) is 12.6 Å². The van der Waals surface area contributed by atoms with Crippen LogP contribution in [0.15, 0.2) is 24.3 Å². The highest BCUT2D eigenvalue weighted by molar-refractivity contribution is 6.27. The molecule has 0 radical (unpaired) electrons. The van der Waals surface area contributed by atoms with Crippen LogP contribution in [0.5, 0.6) is 5.75 Å². The molecular formula is C22H34N2O5. The molecule has 0 bridgehead atoms. The van der Waals surface area contributed by atoms with Gasteiger partial charge in [-0.25, -0.2) is 9.59 Å². The van der Waals surface area contributed by atoms with Crippen LogP contribution in [0.25, 0.3) is 0 Å². The average Bonchev–Trinajstić information content (AvgIpc) is 3.00. The van der Waals surface area contributed by atoms with E-state index >= 15 is 0 Å². The molecule has 2 saturated heterocycles. The van der Waals surface area contributed by atoms with Crippen LogP contribution >= 0.6 is 0 Å². The number of ether oxygens (including phenoxy) is 1. The van der Waals surface area contributed by atoms with Crippen LogP contribution in [-0.2, 0) is 16.1 Å². The number of carbonyl (C=O) groups is 2. The van der Waals surface area contributed by atoms with E-state index in [-0.39, 0.29) is 0 Å². The molecule has 162 valence electrons. The van der Waals surface area contributed by atoms with Crippen molar-refractivity contribution in [2.45, 2.75) is 58.0 Å². The quantitative estimate of drug-likeness (QED) is 0.726. The summed E-state index contributed by atoms with van der Waals surface area (Å²) in [4.78, 5) is 23.6. The van der Waals surface area contributed by atoms with E-state index in [1.54, 1.807) is 0 Å². The standard InChI is InChI=1S/C20H32N2O.C2H2O4/c1-2-23-20-9-7-18(8-10-20)17-21-15-11-19(12-16-21)22-13-5-3-4-6-14-22;3-1(4)2(5)6/h7-10,19H,2-6,11-17H2,1H3;(H,3,4)(H,5,6). The molecule has 2 heterocycles. The smallest absolute Gasteiger partial charge is 0.414 e. The number of aliphatic carboxylic acids is 2. The van der Waals surface area contributed by atoms with E-state index in [0.29, 0.717) is 0 Å². The highest BCUT2D eigenvalue weighted by Gasteiger charge is 2.24. The van der Waals surface area contributed by atoms with Gasteiger partial charge in [-0.1, -0.05) is 25.0 Å². The zero-order chi connectivity index (χ0) is 21.1. The number of nitrogens with zero attached hydrogens (tertiary/aromatic N) is 2. The second-order valence-corrected chi connectivity index (χ2v) is 7.64. The number of carboxylic acids is 2. The van der Waals surface area contributed by atoms with E-state index < -0.39 is 11.9 Å². The summed E-state index contributed by atoms with van der Waals surface area (Å²) < 4.78 is 5.52.